The number of fused-ring (bicyclic) bond motifs is 2. The van der Waals surface area contributed by atoms with E-state index < -0.39 is 0 Å². The van der Waals surface area contributed by atoms with Crippen molar-refractivity contribution in [1.82, 2.24) is 19.9 Å². The number of thiazole rings is 1. The van der Waals surface area contributed by atoms with Crippen LogP contribution in [0.1, 0.15) is 42.1 Å². The van der Waals surface area contributed by atoms with E-state index in [1.807, 2.05) is 18.2 Å². The maximum atomic E-state index is 12.6. The molecule has 1 atom stereocenters. The quantitative estimate of drug-likeness (QED) is 0.672. The SMILES string of the molecule is O=C(CN1CCCC(Cc2nc3ccccc3[nH]2)C1)Nc1nc2c(s1)CCCC2. The predicted molar refractivity (Wildman–Crippen MR) is 116 cm³/mol. The molecule has 1 fully saturated rings. The van der Waals surface area contributed by atoms with Crippen molar-refractivity contribution in [3.05, 3.63) is 40.7 Å². The minimum Gasteiger partial charge on any atom is -0.342 e. The Kier molecular flexibility index (Phi) is 5.33. The molecule has 1 amide bonds. The van der Waals surface area contributed by atoms with E-state index in [0.717, 1.165) is 60.8 Å². The zero-order chi connectivity index (χ0) is 19.6. The number of para-hydroxylation sites is 2. The largest absolute Gasteiger partial charge is 0.342 e. The Morgan fingerprint density at radius 2 is 2.10 bits per heavy atom. The van der Waals surface area contributed by atoms with Gasteiger partial charge in [0.1, 0.15) is 5.82 Å². The summed E-state index contributed by atoms with van der Waals surface area (Å²) in [7, 11) is 0. The summed E-state index contributed by atoms with van der Waals surface area (Å²) in [4.78, 5) is 29.0. The lowest BCUT2D eigenvalue weighted by Crippen LogP contribution is -2.41. The van der Waals surface area contributed by atoms with Gasteiger partial charge in [0, 0.05) is 17.8 Å². The molecule has 0 radical (unpaired) electrons. The van der Waals surface area contributed by atoms with E-state index in [4.69, 9.17) is 4.98 Å². The first-order valence-electron chi connectivity index (χ1n) is 10.7. The molecule has 2 N–H and O–H groups in total. The van der Waals surface area contributed by atoms with Crippen molar-refractivity contribution in [3.8, 4) is 0 Å². The summed E-state index contributed by atoms with van der Waals surface area (Å²) in [5.41, 5.74) is 3.32. The highest BCUT2D eigenvalue weighted by molar-refractivity contribution is 7.15. The molecule has 2 aromatic heterocycles. The third-order valence-corrected chi connectivity index (χ3v) is 7.06. The number of aryl methyl sites for hydroxylation is 2. The number of aromatic nitrogens is 3. The Morgan fingerprint density at radius 1 is 1.21 bits per heavy atom. The van der Waals surface area contributed by atoms with Crippen LogP contribution in [-0.4, -0.2) is 45.4 Å². The van der Waals surface area contributed by atoms with Gasteiger partial charge in [0.15, 0.2) is 5.13 Å². The Balaban J connectivity index is 1.16. The highest BCUT2D eigenvalue weighted by atomic mass is 32.1. The number of imidazole rings is 1. The molecule has 0 spiro atoms. The monoisotopic (exact) mass is 409 g/mol. The third kappa shape index (κ3) is 4.36. The Labute approximate surface area is 174 Å². The molecule has 3 heterocycles. The first-order valence-corrected chi connectivity index (χ1v) is 11.5. The predicted octanol–water partition coefficient (Wildman–Crippen LogP) is 3.79. The van der Waals surface area contributed by atoms with Crippen LogP contribution in [0.4, 0.5) is 5.13 Å². The van der Waals surface area contributed by atoms with Gasteiger partial charge in [0.2, 0.25) is 5.91 Å². The van der Waals surface area contributed by atoms with Gasteiger partial charge < -0.3 is 10.3 Å². The summed E-state index contributed by atoms with van der Waals surface area (Å²) in [5.74, 6) is 1.64. The van der Waals surface area contributed by atoms with E-state index in [2.05, 4.69) is 26.3 Å². The Morgan fingerprint density at radius 3 is 3.00 bits per heavy atom. The van der Waals surface area contributed by atoms with Gasteiger partial charge in [-0.2, -0.15) is 0 Å². The molecule has 152 valence electrons. The average molecular weight is 410 g/mol. The van der Waals surface area contributed by atoms with Gasteiger partial charge in [-0.05, 0) is 63.1 Å². The lowest BCUT2D eigenvalue weighted by atomic mass is 9.94. The highest BCUT2D eigenvalue weighted by Gasteiger charge is 2.23. The number of nitrogens with one attached hydrogen (secondary N) is 2. The van der Waals surface area contributed by atoms with E-state index in [-0.39, 0.29) is 5.91 Å². The summed E-state index contributed by atoms with van der Waals surface area (Å²) < 4.78 is 0. The molecular weight excluding hydrogens is 382 g/mol. The Hall–Kier alpha value is -2.25. The fourth-order valence-electron chi connectivity index (χ4n) is 4.60. The molecule has 1 aliphatic carbocycles. The molecule has 29 heavy (non-hydrogen) atoms. The number of amides is 1. The van der Waals surface area contributed by atoms with Crippen LogP contribution in [-0.2, 0) is 24.1 Å². The highest BCUT2D eigenvalue weighted by Crippen LogP contribution is 2.29. The molecule has 1 aliphatic heterocycles. The van der Waals surface area contributed by atoms with E-state index in [0.29, 0.717) is 12.5 Å². The number of carbonyl (C=O) groups is 1. The molecule has 3 aromatic rings. The topological polar surface area (TPSA) is 73.9 Å². The second-order valence-corrected chi connectivity index (χ2v) is 9.38. The van der Waals surface area contributed by atoms with E-state index in [9.17, 15) is 4.79 Å². The van der Waals surface area contributed by atoms with Crippen molar-refractivity contribution in [1.29, 1.82) is 0 Å². The zero-order valence-electron chi connectivity index (χ0n) is 16.6. The van der Waals surface area contributed by atoms with Crippen LogP contribution < -0.4 is 5.32 Å². The van der Waals surface area contributed by atoms with Crippen molar-refractivity contribution >= 4 is 33.4 Å². The van der Waals surface area contributed by atoms with E-state index in [1.165, 1.54) is 29.8 Å². The van der Waals surface area contributed by atoms with Crippen molar-refractivity contribution < 1.29 is 4.79 Å². The first-order chi connectivity index (χ1) is 14.2. The fourth-order valence-corrected chi connectivity index (χ4v) is 5.67. The minimum absolute atomic E-state index is 0.0560. The summed E-state index contributed by atoms with van der Waals surface area (Å²) in [6, 6.07) is 8.17. The number of anilines is 1. The molecule has 0 bridgehead atoms. The summed E-state index contributed by atoms with van der Waals surface area (Å²) in [6.45, 7) is 2.37. The number of rotatable bonds is 5. The van der Waals surface area contributed by atoms with E-state index >= 15 is 0 Å². The molecule has 0 saturated carbocycles. The smallest absolute Gasteiger partial charge is 0.240 e. The average Bonchev–Trinajstić information content (AvgIpc) is 3.30. The Bertz CT molecular complexity index is 953. The maximum absolute atomic E-state index is 12.6. The van der Waals surface area contributed by atoms with Crippen LogP contribution in [0, 0.1) is 5.92 Å². The van der Waals surface area contributed by atoms with Crippen molar-refractivity contribution in [2.24, 2.45) is 5.92 Å². The zero-order valence-corrected chi connectivity index (χ0v) is 17.4. The number of nitrogens with zero attached hydrogens (tertiary/aromatic N) is 3. The maximum Gasteiger partial charge on any atom is 0.240 e. The number of carbonyl (C=O) groups excluding carboxylic acids is 1. The normalized spacial score (nSPS) is 19.9. The summed E-state index contributed by atoms with van der Waals surface area (Å²) in [5, 5.41) is 3.81. The van der Waals surface area contributed by atoms with Gasteiger partial charge in [-0.3, -0.25) is 9.69 Å². The van der Waals surface area contributed by atoms with Gasteiger partial charge in [-0.1, -0.05) is 12.1 Å². The number of aromatic amines is 1. The number of hydrogen-bond donors (Lipinski definition) is 2. The minimum atomic E-state index is 0.0560. The van der Waals surface area contributed by atoms with Crippen LogP contribution in [0.5, 0.6) is 0 Å². The van der Waals surface area contributed by atoms with Crippen molar-refractivity contribution in [3.63, 3.8) is 0 Å². The number of benzene rings is 1. The molecule has 5 rings (SSSR count). The molecule has 6 nitrogen and oxygen atoms in total. The van der Waals surface area contributed by atoms with Gasteiger partial charge in [0.25, 0.3) is 0 Å². The summed E-state index contributed by atoms with van der Waals surface area (Å²) in [6.07, 6.45) is 7.87. The lowest BCUT2D eigenvalue weighted by Gasteiger charge is -2.31. The van der Waals surface area contributed by atoms with E-state index in [1.54, 1.807) is 11.3 Å². The first kappa shape index (κ1) is 18.8. The lowest BCUT2D eigenvalue weighted by molar-refractivity contribution is -0.117. The molecule has 2 aliphatic rings. The second-order valence-electron chi connectivity index (χ2n) is 8.29. The number of piperidine rings is 1. The van der Waals surface area contributed by atoms with Crippen LogP contribution in [0.3, 0.4) is 0 Å². The molecule has 7 heteroatoms. The van der Waals surface area contributed by atoms with Gasteiger partial charge in [0.05, 0.1) is 23.3 Å². The van der Waals surface area contributed by atoms with Crippen LogP contribution in [0.15, 0.2) is 24.3 Å². The molecule has 1 aromatic carbocycles. The van der Waals surface area contributed by atoms with Crippen molar-refractivity contribution in [2.75, 3.05) is 25.0 Å². The van der Waals surface area contributed by atoms with Crippen LogP contribution in [0.2, 0.25) is 0 Å². The van der Waals surface area contributed by atoms with Crippen molar-refractivity contribution in [2.45, 2.75) is 44.9 Å². The number of likely N-dealkylation sites (tertiary alicyclic amines) is 1. The molecule has 1 saturated heterocycles. The summed E-state index contributed by atoms with van der Waals surface area (Å²) >= 11 is 1.66. The van der Waals surface area contributed by atoms with Crippen LogP contribution >= 0.6 is 11.3 Å². The van der Waals surface area contributed by atoms with Gasteiger partial charge >= 0.3 is 0 Å². The van der Waals surface area contributed by atoms with Gasteiger partial charge in [-0.25, -0.2) is 9.97 Å². The fraction of sp³-hybridized carbons (Fsp3) is 0.500. The van der Waals surface area contributed by atoms with Crippen LogP contribution in [0.25, 0.3) is 11.0 Å². The molecular formula is C22H27N5OS. The third-order valence-electron chi connectivity index (χ3n) is 5.98. The standard InChI is InChI=1S/C22H27N5OS/c28-21(26-22-25-18-9-3-4-10-19(18)29-22)14-27-11-5-6-15(13-27)12-20-23-16-7-1-2-8-17(16)24-20/h1-2,7-8,15H,3-6,9-14H2,(H,23,24)(H,25,26,28). The number of H-pyrrole nitrogens is 1. The second kappa shape index (κ2) is 8.24. The number of hydrogen-bond acceptors (Lipinski definition) is 5. The molecule has 1 unspecified atom stereocenters. The van der Waals surface area contributed by atoms with Gasteiger partial charge in [-0.15, -0.1) is 11.3 Å².